The van der Waals surface area contributed by atoms with Gasteiger partial charge in [0.15, 0.2) is 5.82 Å². The molecule has 4 heteroatoms. The van der Waals surface area contributed by atoms with Crippen LogP contribution in [0.25, 0.3) is 120 Å². The maximum atomic E-state index is 5.53. The Morgan fingerprint density at radius 2 is 1.00 bits per heavy atom. The molecule has 13 rings (SSSR count). The molecule has 9 aromatic carbocycles. The minimum atomic E-state index is 0.712. The second kappa shape index (κ2) is 10.2. The molecule has 0 radical (unpaired) electrons. The van der Waals surface area contributed by atoms with Gasteiger partial charge in [-0.3, -0.25) is 4.57 Å². The zero-order valence-electron chi connectivity index (χ0n) is 29.0. The van der Waals surface area contributed by atoms with E-state index in [0.29, 0.717) is 5.82 Å². The van der Waals surface area contributed by atoms with E-state index in [1.807, 2.05) is 0 Å². The van der Waals surface area contributed by atoms with Crippen LogP contribution in [0.5, 0.6) is 0 Å². The third-order valence-electron chi connectivity index (χ3n) is 11.8. The van der Waals surface area contributed by atoms with Crippen LogP contribution in [-0.4, -0.2) is 18.9 Å². The Hall–Kier alpha value is -7.30. The lowest BCUT2D eigenvalue weighted by molar-refractivity contribution is 1.08. The fraction of sp³-hybridized carbons (Fsp3) is 0. The monoisotopic (exact) mass is 684 g/mol. The molecule has 0 bridgehead atoms. The summed E-state index contributed by atoms with van der Waals surface area (Å²) in [5.41, 5.74) is 7.91. The van der Waals surface area contributed by atoms with E-state index >= 15 is 0 Å². The van der Waals surface area contributed by atoms with Crippen molar-refractivity contribution >= 4 is 103 Å². The summed E-state index contributed by atoms with van der Waals surface area (Å²) in [6, 6.07) is 61.6. The fourth-order valence-corrected chi connectivity index (χ4v) is 9.43. The molecule has 4 aromatic heterocycles. The summed E-state index contributed by atoms with van der Waals surface area (Å²) in [6.07, 6.45) is 0. The summed E-state index contributed by atoms with van der Waals surface area (Å²) in [6.45, 7) is 0. The maximum Gasteiger partial charge on any atom is 0.162 e. The zero-order chi connectivity index (χ0) is 35.1. The first-order valence-electron chi connectivity index (χ1n) is 18.5. The molecular formula is C50H28N4. The molecule has 0 saturated carbocycles. The second-order valence-corrected chi connectivity index (χ2v) is 14.6. The van der Waals surface area contributed by atoms with Gasteiger partial charge < -0.3 is 4.40 Å². The SMILES string of the molecule is c1ccc2cc3c(cc2c1)c1c2c4ccccc4n(-c4nc(-c5ccc6ccc7ccccc7c6c5)nc5ccccc45)c2cc2c4ccccc4n3c21. The van der Waals surface area contributed by atoms with Gasteiger partial charge in [-0.2, -0.15) is 0 Å². The molecule has 0 unspecified atom stereocenters. The number of fused-ring (bicyclic) bond motifs is 15. The Bertz CT molecular complexity index is 3740. The molecule has 0 aliphatic heterocycles. The Kier molecular flexibility index (Phi) is 5.34. The van der Waals surface area contributed by atoms with Gasteiger partial charge in [0.2, 0.25) is 0 Å². The molecule has 0 atom stereocenters. The Balaban J connectivity index is 1.20. The molecule has 13 aromatic rings. The summed E-state index contributed by atoms with van der Waals surface area (Å²) >= 11 is 0. The average Bonchev–Trinajstić information content (AvgIpc) is 3.86. The standard InChI is InChI=1S/C50H28N4/c1-2-13-32-27-44-40(25-31(32)12-1)47-46-37-17-7-10-20-43(37)54(45(46)28-39-35-15-6-9-19-42(35)53(44)48(39)47)50-36-16-5-8-18-41(36)51-49(52-50)33-24-23-30-22-21-29-11-3-4-14-34(29)38(30)26-33/h1-28H. The van der Waals surface area contributed by atoms with Crippen LogP contribution in [0.2, 0.25) is 0 Å². The van der Waals surface area contributed by atoms with E-state index in [4.69, 9.17) is 9.97 Å². The number of nitrogens with zero attached hydrogens (tertiary/aromatic N) is 4. The number of aromatic nitrogens is 4. The Morgan fingerprint density at radius 1 is 0.352 bits per heavy atom. The van der Waals surface area contributed by atoms with E-state index in [2.05, 4.69) is 179 Å². The van der Waals surface area contributed by atoms with Crippen LogP contribution in [0.3, 0.4) is 0 Å². The van der Waals surface area contributed by atoms with Gasteiger partial charge in [0.1, 0.15) is 5.82 Å². The zero-order valence-corrected chi connectivity index (χ0v) is 29.0. The number of benzene rings is 9. The summed E-state index contributed by atoms with van der Waals surface area (Å²) in [4.78, 5) is 10.7. The van der Waals surface area contributed by atoms with Crippen molar-refractivity contribution in [3.63, 3.8) is 0 Å². The molecule has 4 heterocycles. The van der Waals surface area contributed by atoms with Crippen molar-refractivity contribution in [2.45, 2.75) is 0 Å². The van der Waals surface area contributed by atoms with Crippen LogP contribution < -0.4 is 0 Å². The van der Waals surface area contributed by atoms with Crippen LogP contribution in [-0.2, 0) is 0 Å². The van der Waals surface area contributed by atoms with Crippen LogP contribution in [0, 0.1) is 0 Å². The highest BCUT2D eigenvalue weighted by Crippen LogP contribution is 2.47. The van der Waals surface area contributed by atoms with Crippen LogP contribution >= 0.6 is 0 Å². The predicted molar refractivity (Wildman–Crippen MR) is 226 cm³/mol. The number of hydrogen-bond acceptors (Lipinski definition) is 2. The van der Waals surface area contributed by atoms with Gasteiger partial charge in [0.25, 0.3) is 0 Å². The fourth-order valence-electron chi connectivity index (χ4n) is 9.43. The minimum Gasteiger partial charge on any atom is -0.308 e. The highest BCUT2D eigenvalue weighted by Gasteiger charge is 2.25. The molecular weight excluding hydrogens is 657 g/mol. The third kappa shape index (κ3) is 3.61. The lowest BCUT2D eigenvalue weighted by Crippen LogP contribution is -2.02. The number of rotatable bonds is 2. The lowest BCUT2D eigenvalue weighted by atomic mass is 10.00. The molecule has 0 aliphatic carbocycles. The first kappa shape index (κ1) is 28.3. The topological polar surface area (TPSA) is 35.1 Å². The van der Waals surface area contributed by atoms with E-state index in [1.54, 1.807) is 0 Å². The van der Waals surface area contributed by atoms with Crippen molar-refractivity contribution in [3.8, 4) is 17.2 Å². The van der Waals surface area contributed by atoms with Crippen LogP contribution in [0.1, 0.15) is 0 Å². The molecule has 0 saturated heterocycles. The molecule has 4 nitrogen and oxygen atoms in total. The number of hydrogen-bond donors (Lipinski definition) is 0. The van der Waals surface area contributed by atoms with Gasteiger partial charge in [-0.05, 0) is 80.8 Å². The van der Waals surface area contributed by atoms with E-state index in [9.17, 15) is 0 Å². The minimum absolute atomic E-state index is 0.712. The Labute approximate surface area is 308 Å². The summed E-state index contributed by atoms with van der Waals surface area (Å²) in [5, 5.41) is 15.9. The average molecular weight is 685 g/mol. The van der Waals surface area contributed by atoms with Crippen molar-refractivity contribution in [1.29, 1.82) is 0 Å². The highest BCUT2D eigenvalue weighted by atomic mass is 15.1. The van der Waals surface area contributed by atoms with E-state index in [1.165, 1.54) is 81.2 Å². The molecule has 54 heavy (non-hydrogen) atoms. The van der Waals surface area contributed by atoms with Crippen molar-refractivity contribution in [2.75, 3.05) is 0 Å². The first-order chi connectivity index (χ1) is 26.8. The summed E-state index contributed by atoms with van der Waals surface area (Å²) < 4.78 is 4.89. The highest BCUT2D eigenvalue weighted by molar-refractivity contribution is 6.36. The molecule has 0 N–H and O–H groups in total. The van der Waals surface area contributed by atoms with Crippen molar-refractivity contribution in [3.05, 3.63) is 170 Å². The van der Waals surface area contributed by atoms with E-state index in [0.717, 1.165) is 33.3 Å². The van der Waals surface area contributed by atoms with Gasteiger partial charge in [0.05, 0.1) is 33.1 Å². The van der Waals surface area contributed by atoms with Gasteiger partial charge in [0, 0.05) is 43.3 Å². The molecule has 0 spiro atoms. The molecule has 0 aliphatic rings. The van der Waals surface area contributed by atoms with Crippen molar-refractivity contribution < 1.29 is 0 Å². The van der Waals surface area contributed by atoms with Gasteiger partial charge in [-0.1, -0.05) is 121 Å². The maximum absolute atomic E-state index is 5.53. The molecule has 248 valence electrons. The molecule has 0 amide bonds. The summed E-state index contributed by atoms with van der Waals surface area (Å²) in [7, 11) is 0. The van der Waals surface area contributed by atoms with Crippen LogP contribution in [0.15, 0.2) is 170 Å². The van der Waals surface area contributed by atoms with Crippen molar-refractivity contribution in [1.82, 2.24) is 18.9 Å². The normalized spacial score (nSPS) is 12.4. The van der Waals surface area contributed by atoms with Crippen LogP contribution in [0.4, 0.5) is 0 Å². The van der Waals surface area contributed by atoms with Gasteiger partial charge in [-0.15, -0.1) is 0 Å². The predicted octanol–water partition coefficient (Wildman–Crippen LogP) is 13.0. The Morgan fingerprint density at radius 3 is 1.85 bits per heavy atom. The third-order valence-corrected chi connectivity index (χ3v) is 11.8. The first-order valence-corrected chi connectivity index (χ1v) is 18.5. The van der Waals surface area contributed by atoms with E-state index in [-0.39, 0.29) is 0 Å². The van der Waals surface area contributed by atoms with E-state index < -0.39 is 0 Å². The largest absolute Gasteiger partial charge is 0.308 e. The smallest absolute Gasteiger partial charge is 0.162 e. The van der Waals surface area contributed by atoms with Crippen molar-refractivity contribution in [2.24, 2.45) is 0 Å². The second-order valence-electron chi connectivity index (χ2n) is 14.6. The van der Waals surface area contributed by atoms with Gasteiger partial charge >= 0.3 is 0 Å². The molecule has 0 fully saturated rings. The quantitative estimate of drug-likeness (QED) is 0.170. The number of para-hydroxylation sites is 3. The lowest BCUT2D eigenvalue weighted by Gasteiger charge is -2.13. The van der Waals surface area contributed by atoms with Gasteiger partial charge in [-0.25, -0.2) is 9.97 Å². The summed E-state index contributed by atoms with van der Waals surface area (Å²) in [5.74, 6) is 1.59.